The van der Waals surface area contributed by atoms with Gasteiger partial charge in [0.05, 0.1) is 5.56 Å². The molecule has 23 heavy (non-hydrogen) atoms. The molecule has 1 rings (SSSR count). The second kappa shape index (κ2) is 6.22. The summed E-state index contributed by atoms with van der Waals surface area (Å²) in [5.74, 6) is -1.19. The van der Waals surface area contributed by atoms with Crippen LogP contribution in [0.2, 0.25) is 0 Å². The topological polar surface area (TPSA) is 92.4 Å². The number of amides is 2. The predicted octanol–water partition coefficient (Wildman–Crippen LogP) is 2.59. The van der Waals surface area contributed by atoms with Crippen LogP contribution in [0.15, 0.2) is 12.1 Å². The Labute approximate surface area is 138 Å². The molecule has 0 spiro atoms. The van der Waals surface area contributed by atoms with E-state index in [1.54, 1.807) is 6.07 Å². The van der Waals surface area contributed by atoms with Crippen LogP contribution in [0, 0.1) is 0 Å². The van der Waals surface area contributed by atoms with Crippen LogP contribution in [-0.2, 0) is 15.6 Å². The highest BCUT2D eigenvalue weighted by Gasteiger charge is 2.27. The molecule has 2 amide bonds. The molecule has 1 unspecified atom stereocenters. The normalized spacial score (nSPS) is 13.5. The molecule has 128 valence electrons. The number of hydrogen-bond donors (Lipinski definition) is 3. The highest BCUT2D eigenvalue weighted by Crippen LogP contribution is 2.37. The number of nitrogens with two attached hydrogens (primary N) is 1. The average molecular weight is 320 g/mol. The van der Waals surface area contributed by atoms with Crippen molar-refractivity contribution < 1.29 is 14.7 Å². The number of primary amides is 1. The Morgan fingerprint density at radius 2 is 1.61 bits per heavy atom. The number of aromatic hydroxyl groups is 1. The van der Waals surface area contributed by atoms with Crippen molar-refractivity contribution in [2.75, 3.05) is 0 Å². The van der Waals surface area contributed by atoms with Crippen molar-refractivity contribution in [2.24, 2.45) is 5.73 Å². The largest absolute Gasteiger partial charge is 0.507 e. The van der Waals surface area contributed by atoms with E-state index in [0.29, 0.717) is 5.56 Å². The molecular formula is C18H28N2O3. The Morgan fingerprint density at radius 1 is 1.09 bits per heavy atom. The van der Waals surface area contributed by atoms with Crippen LogP contribution in [0.4, 0.5) is 0 Å². The molecule has 0 heterocycles. The molecule has 1 atom stereocenters. The summed E-state index contributed by atoms with van der Waals surface area (Å²) >= 11 is 0. The second-order valence-electron chi connectivity index (χ2n) is 8.02. The minimum atomic E-state index is -0.807. The summed E-state index contributed by atoms with van der Waals surface area (Å²) in [4.78, 5) is 23.6. The first-order chi connectivity index (χ1) is 10.2. The van der Waals surface area contributed by atoms with Gasteiger partial charge in [-0.3, -0.25) is 9.59 Å². The fraction of sp³-hybridized carbons (Fsp3) is 0.556. The summed E-state index contributed by atoms with van der Waals surface area (Å²) in [6.45, 7) is 13.6. The van der Waals surface area contributed by atoms with E-state index >= 15 is 0 Å². The van der Waals surface area contributed by atoms with E-state index in [0.717, 1.165) is 5.56 Å². The second-order valence-corrected chi connectivity index (χ2v) is 8.02. The summed E-state index contributed by atoms with van der Waals surface area (Å²) in [6, 6.07) is 2.80. The third kappa shape index (κ3) is 4.47. The number of nitrogens with one attached hydrogen (secondary N) is 1. The summed E-state index contributed by atoms with van der Waals surface area (Å²) in [7, 11) is 0. The summed E-state index contributed by atoms with van der Waals surface area (Å²) in [6.07, 6.45) is 0. The van der Waals surface area contributed by atoms with Crippen molar-refractivity contribution in [3.8, 4) is 5.75 Å². The Hall–Kier alpha value is -2.04. The van der Waals surface area contributed by atoms with Crippen molar-refractivity contribution in [1.29, 1.82) is 0 Å². The van der Waals surface area contributed by atoms with Crippen molar-refractivity contribution in [2.45, 2.75) is 65.3 Å². The van der Waals surface area contributed by atoms with Crippen molar-refractivity contribution in [3.63, 3.8) is 0 Å². The number of benzene rings is 1. The quantitative estimate of drug-likeness (QED) is 0.799. The first kappa shape index (κ1) is 19.0. The molecule has 1 aromatic carbocycles. The molecule has 0 bridgehead atoms. The number of carbonyl (C=O) groups is 2. The molecule has 5 nitrogen and oxygen atoms in total. The third-order valence-electron chi connectivity index (χ3n) is 3.80. The van der Waals surface area contributed by atoms with Gasteiger partial charge in [0.1, 0.15) is 11.8 Å². The SMILES string of the molecule is CC(NC(=O)c1cc(C(C)(C)C)cc(C(C)(C)C)c1O)C(N)=O. The average Bonchev–Trinajstić information content (AvgIpc) is 2.35. The number of phenols is 1. The molecule has 0 saturated heterocycles. The van der Waals surface area contributed by atoms with E-state index in [1.807, 2.05) is 47.6 Å². The molecule has 0 aromatic heterocycles. The fourth-order valence-electron chi connectivity index (χ4n) is 2.16. The highest BCUT2D eigenvalue weighted by atomic mass is 16.3. The van der Waals surface area contributed by atoms with Crippen LogP contribution in [0.1, 0.15) is 70.0 Å². The first-order valence-corrected chi connectivity index (χ1v) is 7.73. The van der Waals surface area contributed by atoms with Crippen LogP contribution in [0.25, 0.3) is 0 Å². The van der Waals surface area contributed by atoms with Crippen LogP contribution in [0.5, 0.6) is 5.75 Å². The number of hydrogen-bond acceptors (Lipinski definition) is 3. The lowest BCUT2D eigenvalue weighted by Crippen LogP contribution is -2.42. The van der Waals surface area contributed by atoms with Gasteiger partial charge in [-0.25, -0.2) is 0 Å². The van der Waals surface area contributed by atoms with Gasteiger partial charge in [-0.05, 0) is 29.4 Å². The Balaban J connectivity index is 3.47. The lowest BCUT2D eigenvalue weighted by atomic mass is 9.79. The maximum atomic E-state index is 12.5. The third-order valence-corrected chi connectivity index (χ3v) is 3.80. The van der Waals surface area contributed by atoms with Gasteiger partial charge in [-0.15, -0.1) is 0 Å². The summed E-state index contributed by atoms with van der Waals surface area (Å²) in [5, 5.41) is 13.1. The smallest absolute Gasteiger partial charge is 0.255 e. The standard InChI is InChI=1S/C18H28N2O3/c1-10(15(19)22)20-16(23)12-8-11(17(2,3)4)9-13(14(12)21)18(5,6)7/h8-10,21H,1-7H3,(H2,19,22)(H,20,23). The van der Waals surface area contributed by atoms with E-state index in [4.69, 9.17) is 5.73 Å². The van der Waals surface area contributed by atoms with E-state index in [2.05, 4.69) is 5.32 Å². The molecule has 0 radical (unpaired) electrons. The minimum Gasteiger partial charge on any atom is -0.507 e. The monoisotopic (exact) mass is 320 g/mol. The molecule has 4 N–H and O–H groups in total. The van der Waals surface area contributed by atoms with Gasteiger partial charge in [0, 0.05) is 5.56 Å². The van der Waals surface area contributed by atoms with Crippen LogP contribution < -0.4 is 11.1 Å². The molecular weight excluding hydrogens is 292 g/mol. The zero-order valence-electron chi connectivity index (χ0n) is 15.1. The number of rotatable bonds is 3. The molecule has 0 aliphatic heterocycles. The van der Waals surface area contributed by atoms with Gasteiger partial charge >= 0.3 is 0 Å². The van der Waals surface area contributed by atoms with Gasteiger partial charge < -0.3 is 16.2 Å². The lowest BCUT2D eigenvalue weighted by Gasteiger charge is -2.27. The minimum absolute atomic E-state index is 0.0559. The molecule has 0 aliphatic carbocycles. The van der Waals surface area contributed by atoms with Crippen molar-refractivity contribution >= 4 is 11.8 Å². The fourth-order valence-corrected chi connectivity index (χ4v) is 2.16. The Kier molecular flexibility index (Phi) is 5.14. The predicted molar refractivity (Wildman–Crippen MR) is 91.6 cm³/mol. The van der Waals surface area contributed by atoms with Gasteiger partial charge in [-0.1, -0.05) is 47.6 Å². The summed E-state index contributed by atoms with van der Waals surface area (Å²) in [5.41, 5.74) is 6.48. The van der Waals surface area contributed by atoms with Gasteiger partial charge in [0.25, 0.3) is 5.91 Å². The molecule has 5 heteroatoms. The van der Waals surface area contributed by atoms with Gasteiger partial charge in [0.15, 0.2) is 0 Å². The van der Waals surface area contributed by atoms with Crippen molar-refractivity contribution in [3.05, 3.63) is 28.8 Å². The molecule has 0 fully saturated rings. The first-order valence-electron chi connectivity index (χ1n) is 7.73. The van der Waals surface area contributed by atoms with Crippen LogP contribution >= 0.6 is 0 Å². The van der Waals surface area contributed by atoms with E-state index in [-0.39, 0.29) is 22.1 Å². The van der Waals surface area contributed by atoms with E-state index < -0.39 is 17.9 Å². The number of phenolic OH excluding ortho intramolecular Hbond substituents is 1. The Morgan fingerprint density at radius 3 is 2.00 bits per heavy atom. The van der Waals surface area contributed by atoms with Crippen LogP contribution in [0.3, 0.4) is 0 Å². The lowest BCUT2D eigenvalue weighted by molar-refractivity contribution is -0.119. The molecule has 0 saturated carbocycles. The summed E-state index contributed by atoms with van der Waals surface area (Å²) < 4.78 is 0. The zero-order chi connectivity index (χ0) is 18.2. The van der Waals surface area contributed by atoms with Crippen molar-refractivity contribution in [1.82, 2.24) is 5.32 Å². The Bertz CT molecular complexity index is 622. The zero-order valence-corrected chi connectivity index (χ0v) is 15.1. The maximum Gasteiger partial charge on any atom is 0.255 e. The van der Waals surface area contributed by atoms with E-state index in [1.165, 1.54) is 6.92 Å². The molecule has 0 aliphatic rings. The maximum absolute atomic E-state index is 12.5. The molecule has 1 aromatic rings. The van der Waals surface area contributed by atoms with E-state index in [9.17, 15) is 14.7 Å². The van der Waals surface area contributed by atoms with Gasteiger partial charge in [0.2, 0.25) is 5.91 Å². The van der Waals surface area contributed by atoms with Crippen LogP contribution in [-0.4, -0.2) is 23.0 Å². The van der Waals surface area contributed by atoms with Gasteiger partial charge in [-0.2, -0.15) is 0 Å². The number of carbonyl (C=O) groups excluding carboxylic acids is 2. The highest BCUT2D eigenvalue weighted by molar-refractivity contribution is 6.00.